The molecule has 1 amide bonds. The summed E-state index contributed by atoms with van der Waals surface area (Å²) in [5, 5.41) is 2.64. The van der Waals surface area contributed by atoms with Gasteiger partial charge in [0.25, 0.3) is 0 Å². The number of fused-ring (bicyclic) bond motifs is 1. The van der Waals surface area contributed by atoms with Gasteiger partial charge in [-0.05, 0) is 35.9 Å². The Morgan fingerprint density at radius 1 is 1.07 bits per heavy atom. The fourth-order valence-electron chi connectivity index (χ4n) is 2.27. The molecule has 0 aliphatic rings. The number of para-hydroxylation sites is 2. The Bertz CT molecular complexity index is 970. The number of hydrogen-bond acceptors (Lipinski definition) is 4. The maximum Gasteiger partial charge on any atom is 0.573 e. The van der Waals surface area contributed by atoms with Crippen molar-refractivity contribution >= 4 is 23.0 Å². The van der Waals surface area contributed by atoms with E-state index in [0.29, 0.717) is 11.3 Å². The minimum atomic E-state index is -4.73. The van der Waals surface area contributed by atoms with Gasteiger partial charge in [0.05, 0.1) is 22.9 Å². The lowest BCUT2D eigenvalue weighted by Gasteiger charge is -2.09. The maximum absolute atomic E-state index is 12.1. The van der Waals surface area contributed by atoms with Crippen molar-refractivity contribution in [1.82, 2.24) is 15.3 Å². The van der Waals surface area contributed by atoms with Crippen molar-refractivity contribution in [1.29, 1.82) is 0 Å². The molecule has 0 unspecified atom stereocenters. The first-order chi connectivity index (χ1) is 12.9. The Labute approximate surface area is 152 Å². The van der Waals surface area contributed by atoms with E-state index >= 15 is 0 Å². The van der Waals surface area contributed by atoms with E-state index < -0.39 is 6.36 Å². The van der Waals surface area contributed by atoms with Crippen molar-refractivity contribution in [2.24, 2.45) is 0 Å². The van der Waals surface area contributed by atoms with Crippen LogP contribution in [0.2, 0.25) is 0 Å². The Kier molecular flexibility index (Phi) is 5.35. The van der Waals surface area contributed by atoms with Crippen LogP contribution in [0.15, 0.2) is 60.8 Å². The van der Waals surface area contributed by atoms with Gasteiger partial charge in [-0.1, -0.05) is 24.3 Å². The highest BCUT2D eigenvalue weighted by Crippen LogP contribution is 2.22. The van der Waals surface area contributed by atoms with E-state index in [4.69, 9.17) is 0 Å². The molecule has 1 N–H and O–H groups in total. The predicted molar refractivity (Wildman–Crippen MR) is 93.5 cm³/mol. The summed E-state index contributed by atoms with van der Waals surface area (Å²) in [5.41, 5.74) is 2.66. The molecule has 8 heteroatoms. The van der Waals surface area contributed by atoms with Crippen molar-refractivity contribution < 1.29 is 22.7 Å². The minimum absolute atomic E-state index is 0.166. The Morgan fingerprint density at radius 3 is 2.48 bits per heavy atom. The topological polar surface area (TPSA) is 64.1 Å². The van der Waals surface area contributed by atoms with E-state index in [1.54, 1.807) is 6.20 Å². The first-order valence-corrected chi connectivity index (χ1v) is 7.91. The highest BCUT2D eigenvalue weighted by atomic mass is 19.4. The third-order valence-electron chi connectivity index (χ3n) is 3.50. The average Bonchev–Trinajstić information content (AvgIpc) is 2.64. The summed E-state index contributed by atoms with van der Waals surface area (Å²) >= 11 is 0. The summed E-state index contributed by atoms with van der Waals surface area (Å²) in [4.78, 5) is 20.5. The molecule has 2 aromatic carbocycles. The maximum atomic E-state index is 12.1. The van der Waals surface area contributed by atoms with Crippen LogP contribution in [-0.4, -0.2) is 22.2 Å². The van der Waals surface area contributed by atoms with Crippen molar-refractivity contribution in [2.75, 3.05) is 0 Å². The monoisotopic (exact) mass is 373 g/mol. The number of nitrogens with zero attached hydrogens (tertiary/aromatic N) is 2. The lowest BCUT2D eigenvalue weighted by atomic mass is 10.2. The zero-order valence-corrected chi connectivity index (χ0v) is 13.9. The second kappa shape index (κ2) is 7.86. The fraction of sp³-hybridized carbons (Fsp3) is 0.105. The van der Waals surface area contributed by atoms with Crippen LogP contribution in [0.4, 0.5) is 13.2 Å². The van der Waals surface area contributed by atoms with Crippen molar-refractivity contribution in [2.45, 2.75) is 12.9 Å². The van der Waals surface area contributed by atoms with Crippen LogP contribution in [0.1, 0.15) is 11.3 Å². The van der Waals surface area contributed by atoms with Crippen LogP contribution < -0.4 is 10.1 Å². The van der Waals surface area contributed by atoms with E-state index in [0.717, 1.165) is 11.0 Å². The van der Waals surface area contributed by atoms with Crippen LogP contribution in [0.3, 0.4) is 0 Å². The average molecular weight is 373 g/mol. The number of nitrogens with one attached hydrogen (secondary N) is 1. The molecule has 0 radical (unpaired) electrons. The van der Waals surface area contributed by atoms with Crippen LogP contribution in [0, 0.1) is 0 Å². The molecule has 138 valence electrons. The molecule has 0 spiro atoms. The van der Waals surface area contributed by atoms with E-state index in [1.807, 2.05) is 24.3 Å². The smallest absolute Gasteiger partial charge is 0.406 e. The van der Waals surface area contributed by atoms with Crippen molar-refractivity contribution in [3.63, 3.8) is 0 Å². The number of aromatic nitrogens is 2. The molecule has 3 aromatic rings. The van der Waals surface area contributed by atoms with Crippen LogP contribution >= 0.6 is 0 Å². The van der Waals surface area contributed by atoms with E-state index in [1.165, 1.54) is 36.4 Å². The number of carbonyl (C=O) groups is 1. The van der Waals surface area contributed by atoms with Gasteiger partial charge in [-0.3, -0.25) is 9.78 Å². The van der Waals surface area contributed by atoms with Gasteiger partial charge >= 0.3 is 6.36 Å². The van der Waals surface area contributed by atoms with Gasteiger partial charge in [0.1, 0.15) is 5.75 Å². The zero-order chi connectivity index (χ0) is 19.3. The number of alkyl halides is 3. The number of carbonyl (C=O) groups excluding carboxylic acids is 1. The molecular weight excluding hydrogens is 359 g/mol. The SMILES string of the molecule is O=C(/C=C/c1cnc2ccccc2n1)NCc1ccc(OC(F)(F)F)cc1. The van der Waals surface area contributed by atoms with E-state index in [2.05, 4.69) is 20.0 Å². The lowest BCUT2D eigenvalue weighted by Crippen LogP contribution is -2.20. The molecule has 0 bridgehead atoms. The molecule has 3 rings (SSSR count). The molecule has 0 aliphatic heterocycles. The normalized spacial score (nSPS) is 11.7. The number of hydrogen-bond donors (Lipinski definition) is 1. The third-order valence-corrected chi connectivity index (χ3v) is 3.50. The molecule has 27 heavy (non-hydrogen) atoms. The molecule has 1 heterocycles. The number of amides is 1. The number of benzene rings is 2. The molecule has 0 saturated carbocycles. The van der Waals surface area contributed by atoms with Gasteiger partial charge in [-0.25, -0.2) is 4.98 Å². The molecule has 0 saturated heterocycles. The van der Waals surface area contributed by atoms with E-state index in [9.17, 15) is 18.0 Å². The third kappa shape index (κ3) is 5.53. The summed E-state index contributed by atoms with van der Waals surface area (Å²) in [6, 6.07) is 12.6. The molecule has 1 aromatic heterocycles. The first kappa shape index (κ1) is 18.4. The van der Waals surface area contributed by atoms with Crippen molar-refractivity contribution in [3.05, 3.63) is 72.1 Å². The first-order valence-electron chi connectivity index (χ1n) is 7.91. The highest BCUT2D eigenvalue weighted by Gasteiger charge is 2.30. The second-order valence-corrected chi connectivity index (χ2v) is 5.53. The van der Waals surface area contributed by atoms with Gasteiger partial charge in [-0.2, -0.15) is 0 Å². The Hall–Kier alpha value is -3.42. The zero-order valence-electron chi connectivity index (χ0n) is 13.9. The van der Waals surface area contributed by atoms with Gasteiger partial charge < -0.3 is 10.1 Å². The molecule has 0 aliphatic carbocycles. The van der Waals surface area contributed by atoms with Gasteiger partial charge in [-0.15, -0.1) is 13.2 Å². The van der Waals surface area contributed by atoms with Crippen LogP contribution in [0.25, 0.3) is 17.1 Å². The van der Waals surface area contributed by atoms with Gasteiger partial charge in [0, 0.05) is 12.6 Å². The molecular formula is C19H14F3N3O2. The summed E-state index contributed by atoms with van der Waals surface area (Å²) in [5.74, 6) is -0.673. The summed E-state index contributed by atoms with van der Waals surface area (Å²) in [6.07, 6.45) is -0.313. The summed E-state index contributed by atoms with van der Waals surface area (Å²) in [7, 11) is 0. The quantitative estimate of drug-likeness (QED) is 0.690. The standard InChI is InChI=1S/C19H14F3N3O2/c20-19(21,22)27-15-8-5-13(6-9-15)11-24-18(26)10-7-14-12-23-16-3-1-2-4-17(16)25-14/h1-10,12H,11H2,(H,24,26)/b10-7+. The molecule has 0 atom stereocenters. The molecule has 0 fully saturated rings. The van der Waals surface area contributed by atoms with Gasteiger partial charge in [0.15, 0.2) is 0 Å². The van der Waals surface area contributed by atoms with Crippen LogP contribution in [0.5, 0.6) is 5.75 Å². The highest BCUT2D eigenvalue weighted by molar-refractivity contribution is 5.91. The Balaban J connectivity index is 1.55. The van der Waals surface area contributed by atoms with E-state index in [-0.39, 0.29) is 18.2 Å². The summed E-state index contributed by atoms with van der Waals surface area (Å²) in [6.45, 7) is 0.166. The second-order valence-electron chi connectivity index (χ2n) is 5.53. The lowest BCUT2D eigenvalue weighted by molar-refractivity contribution is -0.274. The van der Waals surface area contributed by atoms with Gasteiger partial charge in [0.2, 0.25) is 5.91 Å². The summed E-state index contributed by atoms with van der Waals surface area (Å²) < 4.78 is 40.1. The van der Waals surface area contributed by atoms with Crippen LogP contribution in [-0.2, 0) is 11.3 Å². The number of halogens is 3. The van der Waals surface area contributed by atoms with Crippen molar-refractivity contribution in [3.8, 4) is 5.75 Å². The Morgan fingerprint density at radius 2 is 1.78 bits per heavy atom. The molecule has 5 nitrogen and oxygen atoms in total. The number of rotatable bonds is 5. The number of ether oxygens (including phenoxy) is 1. The largest absolute Gasteiger partial charge is 0.573 e. The fourth-order valence-corrected chi connectivity index (χ4v) is 2.27. The minimum Gasteiger partial charge on any atom is -0.406 e. The predicted octanol–water partition coefficient (Wildman–Crippen LogP) is 3.86.